The van der Waals surface area contributed by atoms with Gasteiger partial charge >= 0.3 is 0 Å². The van der Waals surface area contributed by atoms with Gasteiger partial charge in [0.15, 0.2) is 0 Å². The second kappa shape index (κ2) is 3.15. The molecule has 0 amide bonds. The van der Waals surface area contributed by atoms with E-state index < -0.39 is 0 Å². The number of hydrogen-bond donors (Lipinski definition) is 1. The van der Waals surface area contributed by atoms with Crippen LogP contribution >= 0.6 is 0 Å². The Hall–Kier alpha value is -1.71. The third-order valence-corrected chi connectivity index (χ3v) is 2.14. The van der Waals surface area contributed by atoms with Gasteiger partial charge in [0.05, 0.1) is 0 Å². The Labute approximate surface area is 87.4 Å². The maximum absolute atomic E-state index is 11.1. The smallest absolute Gasteiger partial charge is 0.249 e. The predicted octanol–water partition coefficient (Wildman–Crippen LogP) is 1.62. The number of fused-ring (bicyclic) bond motifs is 1. The molecular formula is C11H13N3O. The van der Waals surface area contributed by atoms with Crippen molar-refractivity contribution < 1.29 is 0 Å². The Kier molecular flexibility index (Phi) is 2.07. The van der Waals surface area contributed by atoms with Gasteiger partial charge in [-0.1, -0.05) is 20.8 Å². The molecule has 4 heteroatoms. The van der Waals surface area contributed by atoms with Gasteiger partial charge in [-0.2, -0.15) is 0 Å². The molecule has 0 aliphatic carbocycles. The lowest BCUT2D eigenvalue weighted by Gasteiger charge is -2.15. The van der Waals surface area contributed by atoms with Gasteiger partial charge in [-0.15, -0.1) is 0 Å². The zero-order valence-electron chi connectivity index (χ0n) is 9.03. The molecule has 0 spiro atoms. The minimum absolute atomic E-state index is 0.110. The van der Waals surface area contributed by atoms with Crippen LogP contribution in [0.1, 0.15) is 26.6 Å². The lowest BCUT2D eigenvalue weighted by Crippen LogP contribution is -2.16. The van der Waals surface area contributed by atoms with Crippen LogP contribution in [0, 0.1) is 0 Å². The van der Waals surface area contributed by atoms with Gasteiger partial charge in [0.1, 0.15) is 11.5 Å². The standard InChI is InChI=1S/C11H13N3O/c1-11(2,3)10-12-6-7-4-5-8(15)13-9(7)14-10/h4-6H,1-3H3,(H,12,13,14,15). The molecule has 0 saturated carbocycles. The van der Waals surface area contributed by atoms with Crippen LogP contribution in [-0.4, -0.2) is 15.0 Å². The maximum Gasteiger partial charge on any atom is 0.249 e. The number of nitrogens with one attached hydrogen (secondary N) is 1. The molecule has 0 bridgehead atoms. The Morgan fingerprint density at radius 3 is 2.67 bits per heavy atom. The van der Waals surface area contributed by atoms with E-state index in [0.717, 1.165) is 11.2 Å². The molecule has 0 saturated heterocycles. The van der Waals surface area contributed by atoms with E-state index >= 15 is 0 Å². The maximum atomic E-state index is 11.1. The van der Waals surface area contributed by atoms with Crippen LogP contribution in [0.15, 0.2) is 23.1 Å². The fourth-order valence-electron chi connectivity index (χ4n) is 1.30. The van der Waals surface area contributed by atoms with Crippen LogP contribution < -0.4 is 5.56 Å². The zero-order chi connectivity index (χ0) is 11.1. The SMILES string of the molecule is CC(C)(C)c1ncc2ccc(=O)[nH]c2n1. The third-order valence-electron chi connectivity index (χ3n) is 2.14. The van der Waals surface area contributed by atoms with Crippen molar-refractivity contribution in [1.29, 1.82) is 0 Å². The van der Waals surface area contributed by atoms with Gasteiger partial charge in [-0.25, -0.2) is 9.97 Å². The van der Waals surface area contributed by atoms with Crippen LogP contribution in [0.5, 0.6) is 0 Å². The molecule has 0 unspecified atom stereocenters. The van der Waals surface area contributed by atoms with Crippen LogP contribution in [-0.2, 0) is 5.41 Å². The molecule has 2 heterocycles. The van der Waals surface area contributed by atoms with E-state index in [1.54, 1.807) is 12.3 Å². The van der Waals surface area contributed by atoms with Crippen molar-refractivity contribution >= 4 is 11.0 Å². The van der Waals surface area contributed by atoms with Crippen molar-refractivity contribution in [2.24, 2.45) is 0 Å². The molecule has 2 aromatic rings. The van der Waals surface area contributed by atoms with Gasteiger partial charge in [0.2, 0.25) is 5.56 Å². The van der Waals surface area contributed by atoms with E-state index in [0.29, 0.717) is 5.65 Å². The molecule has 0 atom stereocenters. The Morgan fingerprint density at radius 2 is 2.00 bits per heavy atom. The van der Waals surface area contributed by atoms with E-state index in [1.165, 1.54) is 6.07 Å². The van der Waals surface area contributed by atoms with Crippen LogP contribution in [0.2, 0.25) is 0 Å². The van der Waals surface area contributed by atoms with Gasteiger partial charge in [-0.3, -0.25) is 4.79 Å². The number of nitrogens with zero attached hydrogens (tertiary/aromatic N) is 2. The second-order valence-electron chi connectivity index (χ2n) is 4.57. The summed E-state index contributed by atoms with van der Waals surface area (Å²) in [7, 11) is 0. The zero-order valence-corrected chi connectivity index (χ0v) is 9.03. The molecule has 0 fully saturated rings. The topological polar surface area (TPSA) is 58.6 Å². The number of aromatic amines is 1. The lowest BCUT2D eigenvalue weighted by molar-refractivity contribution is 0.547. The molecule has 1 N–H and O–H groups in total. The number of hydrogen-bond acceptors (Lipinski definition) is 3. The highest BCUT2D eigenvalue weighted by Crippen LogP contribution is 2.18. The van der Waals surface area contributed by atoms with Crippen molar-refractivity contribution in [3.63, 3.8) is 0 Å². The average Bonchev–Trinajstić information content (AvgIpc) is 2.15. The first kappa shape index (κ1) is 9.83. The fraction of sp³-hybridized carbons (Fsp3) is 0.364. The van der Waals surface area contributed by atoms with Crippen molar-refractivity contribution in [2.75, 3.05) is 0 Å². The molecule has 2 rings (SSSR count). The highest BCUT2D eigenvalue weighted by atomic mass is 16.1. The summed E-state index contributed by atoms with van der Waals surface area (Å²) in [5.41, 5.74) is 0.351. The molecule has 0 radical (unpaired) electrons. The molecule has 0 aromatic carbocycles. The second-order valence-corrected chi connectivity index (χ2v) is 4.57. The van der Waals surface area contributed by atoms with Gasteiger partial charge in [-0.05, 0) is 6.07 Å². The summed E-state index contributed by atoms with van der Waals surface area (Å²) in [6, 6.07) is 3.20. The first-order valence-corrected chi connectivity index (χ1v) is 4.83. The number of aromatic nitrogens is 3. The Morgan fingerprint density at radius 1 is 1.27 bits per heavy atom. The predicted molar refractivity (Wildman–Crippen MR) is 58.9 cm³/mol. The van der Waals surface area contributed by atoms with E-state index in [9.17, 15) is 4.79 Å². The summed E-state index contributed by atoms with van der Waals surface area (Å²) in [4.78, 5) is 22.4. The van der Waals surface area contributed by atoms with E-state index in [4.69, 9.17) is 0 Å². The van der Waals surface area contributed by atoms with E-state index in [-0.39, 0.29) is 11.0 Å². The van der Waals surface area contributed by atoms with Crippen molar-refractivity contribution in [3.05, 3.63) is 34.5 Å². The summed E-state index contributed by atoms with van der Waals surface area (Å²) in [6.07, 6.45) is 1.73. The molecule has 0 aliphatic rings. The first-order chi connectivity index (χ1) is 6.97. The third kappa shape index (κ3) is 1.88. The molecule has 2 aromatic heterocycles. The van der Waals surface area contributed by atoms with Crippen LogP contribution in [0.3, 0.4) is 0 Å². The molecule has 15 heavy (non-hydrogen) atoms. The van der Waals surface area contributed by atoms with Crippen molar-refractivity contribution in [2.45, 2.75) is 26.2 Å². The van der Waals surface area contributed by atoms with Crippen LogP contribution in [0.4, 0.5) is 0 Å². The Bertz CT molecular complexity index is 551. The summed E-state index contributed by atoms with van der Waals surface area (Å²) in [5.74, 6) is 0.733. The van der Waals surface area contributed by atoms with Gasteiger partial charge < -0.3 is 4.98 Å². The van der Waals surface area contributed by atoms with E-state index in [2.05, 4.69) is 15.0 Å². The molecule has 78 valence electrons. The number of rotatable bonds is 0. The summed E-state index contributed by atoms with van der Waals surface area (Å²) in [5, 5.41) is 0.850. The van der Waals surface area contributed by atoms with Gasteiger partial charge in [0, 0.05) is 23.1 Å². The highest BCUT2D eigenvalue weighted by molar-refractivity contribution is 5.72. The van der Waals surface area contributed by atoms with Crippen LogP contribution in [0.25, 0.3) is 11.0 Å². The van der Waals surface area contributed by atoms with E-state index in [1.807, 2.05) is 20.8 Å². The largest absolute Gasteiger partial charge is 0.306 e. The average molecular weight is 203 g/mol. The lowest BCUT2D eigenvalue weighted by atomic mass is 9.96. The number of pyridine rings is 1. The fourth-order valence-corrected chi connectivity index (χ4v) is 1.30. The molecule has 4 nitrogen and oxygen atoms in total. The quantitative estimate of drug-likeness (QED) is 0.707. The highest BCUT2D eigenvalue weighted by Gasteiger charge is 2.17. The minimum Gasteiger partial charge on any atom is -0.306 e. The van der Waals surface area contributed by atoms with Gasteiger partial charge in [0.25, 0.3) is 0 Å². The summed E-state index contributed by atoms with van der Waals surface area (Å²) >= 11 is 0. The molecular weight excluding hydrogens is 190 g/mol. The number of H-pyrrole nitrogens is 1. The van der Waals surface area contributed by atoms with Crippen molar-refractivity contribution in [1.82, 2.24) is 15.0 Å². The minimum atomic E-state index is -0.138. The first-order valence-electron chi connectivity index (χ1n) is 4.83. The normalized spacial score (nSPS) is 11.9. The monoisotopic (exact) mass is 203 g/mol. The summed E-state index contributed by atoms with van der Waals surface area (Å²) < 4.78 is 0. The summed E-state index contributed by atoms with van der Waals surface area (Å²) in [6.45, 7) is 6.11. The van der Waals surface area contributed by atoms with Crippen molar-refractivity contribution in [3.8, 4) is 0 Å². The molecule has 0 aliphatic heterocycles. The Balaban J connectivity index is 2.70.